The lowest BCUT2D eigenvalue weighted by Crippen LogP contribution is -2.40. The van der Waals surface area contributed by atoms with Crippen LogP contribution >= 0.6 is 24.0 Å². The van der Waals surface area contributed by atoms with Crippen molar-refractivity contribution in [3.05, 3.63) is 60.4 Å². The van der Waals surface area contributed by atoms with E-state index in [1.54, 1.807) is 19.6 Å². The van der Waals surface area contributed by atoms with Gasteiger partial charge in [0.2, 0.25) is 0 Å². The van der Waals surface area contributed by atoms with Gasteiger partial charge in [0.25, 0.3) is 0 Å². The lowest BCUT2D eigenvalue weighted by Gasteiger charge is -2.19. The van der Waals surface area contributed by atoms with Crippen LogP contribution in [0.4, 0.5) is 0 Å². The van der Waals surface area contributed by atoms with Crippen LogP contribution in [0.15, 0.2) is 54.0 Å². The molecular weight excluding hydrogens is 467 g/mol. The highest BCUT2D eigenvalue weighted by Gasteiger charge is 2.09. The second kappa shape index (κ2) is 10.8. The average molecular weight is 494 g/mol. The minimum atomic E-state index is 0. The number of hydrogen-bond donors (Lipinski definition) is 2. The Morgan fingerprint density at radius 2 is 2.14 bits per heavy atom. The van der Waals surface area contributed by atoms with Crippen LogP contribution in [0.1, 0.15) is 31.3 Å². The van der Waals surface area contributed by atoms with E-state index in [0.717, 1.165) is 42.5 Å². The molecule has 0 radical (unpaired) electrons. The Morgan fingerprint density at radius 3 is 2.86 bits per heavy atom. The molecule has 1 unspecified atom stereocenters. The summed E-state index contributed by atoms with van der Waals surface area (Å²) in [6.45, 7) is 5.72. The number of aromatic nitrogens is 5. The van der Waals surface area contributed by atoms with Crippen LogP contribution in [-0.4, -0.2) is 44.1 Å². The molecule has 1 atom stereocenters. The molecule has 2 heterocycles. The molecule has 0 fully saturated rings. The van der Waals surface area contributed by atoms with Crippen molar-refractivity contribution in [2.24, 2.45) is 4.99 Å². The zero-order chi connectivity index (χ0) is 19.1. The van der Waals surface area contributed by atoms with E-state index in [0.29, 0.717) is 0 Å². The number of hydrogen-bond acceptors (Lipinski definition) is 4. The molecule has 0 spiro atoms. The van der Waals surface area contributed by atoms with Gasteiger partial charge in [-0.1, -0.05) is 19.1 Å². The third-order valence-electron chi connectivity index (χ3n) is 4.37. The van der Waals surface area contributed by atoms with Gasteiger partial charge in [-0.3, -0.25) is 4.99 Å². The Balaban J connectivity index is 0.00000280. The zero-order valence-electron chi connectivity index (χ0n) is 16.4. The summed E-state index contributed by atoms with van der Waals surface area (Å²) >= 11 is 0. The van der Waals surface area contributed by atoms with Gasteiger partial charge >= 0.3 is 0 Å². The first kappa shape index (κ1) is 21.9. The summed E-state index contributed by atoms with van der Waals surface area (Å²) in [6.07, 6.45) is 6.35. The largest absolute Gasteiger partial charge is 0.355 e. The van der Waals surface area contributed by atoms with Crippen LogP contribution in [0.2, 0.25) is 0 Å². The molecule has 8 nitrogen and oxygen atoms in total. The summed E-state index contributed by atoms with van der Waals surface area (Å²) < 4.78 is 3.91. The van der Waals surface area contributed by atoms with Gasteiger partial charge in [0.1, 0.15) is 12.2 Å². The molecule has 0 amide bonds. The number of aliphatic imine (C=N–C) groups is 1. The van der Waals surface area contributed by atoms with Gasteiger partial charge in [0, 0.05) is 39.0 Å². The molecule has 2 aromatic heterocycles. The zero-order valence-corrected chi connectivity index (χ0v) is 18.7. The first-order valence-electron chi connectivity index (χ1n) is 9.15. The molecule has 0 saturated heterocycles. The SMILES string of the molecule is CCc1nncn1CCNC(=NC)NC(C)c1cccc(-n2cccn2)c1.I. The van der Waals surface area contributed by atoms with E-state index in [1.165, 1.54) is 0 Å². The Bertz CT molecular complexity index is 872. The highest BCUT2D eigenvalue weighted by molar-refractivity contribution is 14.0. The second-order valence-electron chi connectivity index (χ2n) is 6.20. The molecule has 3 aromatic rings. The fraction of sp³-hybridized carbons (Fsp3) is 0.368. The lowest BCUT2D eigenvalue weighted by atomic mass is 10.1. The average Bonchev–Trinajstić information content (AvgIpc) is 3.39. The van der Waals surface area contributed by atoms with Crippen LogP contribution < -0.4 is 10.6 Å². The molecule has 28 heavy (non-hydrogen) atoms. The Kier molecular flexibility index (Phi) is 8.42. The van der Waals surface area contributed by atoms with E-state index >= 15 is 0 Å². The molecule has 0 aliphatic rings. The highest BCUT2D eigenvalue weighted by atomic mass is 127. The van der Waals surface area contributed by atoms with Gasteiger partial charge in [-0.2, -0.15) is 5.10 Å². The number of benzene rings is 1. The quantitative estimate of drug-likeness (QED) is 0.300. The molecule has 150 valence electrons. The van der Waals surface area contributed by atoms with Crippen LogP contribution in [0.5, 0.6) is 0 Å². The van der Waals surface area contributed by atoms with E-state index in [-0.39, 0.29) is 30.0 Å². The van der Waals surface area contributed by atoms with Crippen LogP contribution in [-0.2, 0) is 13.0 Å². The lowest BCUT2D eigenvalue weighted by molar-refractivity contribution is 0.620. The topological polar surface area (TPSA) is 85.0 Å². The van der Waals surface area contributed by atoms with E-state index in [1.807, 2.05) is 29.1 Å². The number of rotatable bonds is 7. The van der Waals surface area contributed by atoms with Gasteiger partial charge in [0.15, 0.2) is 5.96 Å². The molecule has 1 aromatic carbocycles. The molecule has 2 N–H and O–H groups in total. The van der Waals surface area contributed by atoms with Gasteiger partial charge in [-0.25, -0.2) is 4.68 Å². The fourth-order valence-electron chi connectivity index (χ4n) is 2.88. The van der Waals surface area contributed by atoms with E-state index in [4.69, 9.17) is 0 Å². The maximum absolute atomic E-state index is 4.32. The van der Waals surface area contributed by atoms with E-state index in [2.05, 4.69) is 61.5 Å². The van der Waals surface area contributed by atoms with E-state index < -0.39 is 0 Å². The summed E-state index contributed by atoms with van der Waals surface area (Å²) in [5.41, 5.74) is 2.20. The first-order valence-corrected chi connectivity index (χ1v) is 9.15. The molecule has 9 heteroatoms. The summed E-state index contributed by atoms with van der Waals surface area (Å²) in [5.74, 6) is 1.75. The van der Waals surface area contributed by atoms with Crippen LogP contribution in [0.25, 0.3) is 5.69 Å². The number of nitrogens with zero attached hydrogens (tertiary/aromatic N) is 6. The first-order chi connectivity index (χ1) is 13.2. The third-order valence-corrected chi connectivity index (χ3v) is 4.37. The van der Waals surface area contributed by atoms with Crippen molar-refractivity contribution in [2.75, 3.05) is 13.6 Å². The van der Waals surface area contributed by atoms with Gasteiger partial charge < -0.3 is 15.2 Å². The normalized spacial score (nSPS) is 12.3. The van der Waals surface area contributed by atoms with Crippen LogP contribution in [0, 0.1) is 0 Å². The Hall–Kier alpha value is -2.43. The Morgan fingerprint density at radius 1 is 1.29 bits per heavy atom. The summed E-state index contributed by atoms with van der Waals surface area (Å²) in [6, 6.07) is 10.3. The van der Waals surface area contributed by atoms with Crippen molar-refractivity contribution in [2.45, 2.75) is 32.9 Å². The van der Waals surface area contributed by atoms with Gasteiger partial charge in [0.05, 0.1) is 11.7 Å². The second-order valence-corrected chi connectivity index (χ2v) is 6.20. The standard InChI is InChI=1S/C19H26N8.HI/c1-4-18-25-22-14-26(18)12-10-21-19(20-3)24-15(2)16-7-5-8-17(13-16)27-11-6-9-23-27;/h5-9,11,13-15H,4,10,12H2,1-3H3,(H2,20,21,24);1H. The number of halogens is 1. The minimum Gasteiger partial charge on any atom is -0.355 e. The van der Waals surface area contributed by atoms with Gasteiger partial charge in [-0.05, 0) is 30.7 Å². The monoisotopic (exact) mass is 494 g/mol. The number of aryl methyl sites for hydroxylation is 1. The summed E-state index contributed by atoms with van der Waals surface area (Å²) in [5, 5.41) is 19.1. The smallest absolute Gasteiger partial charge is 0.191 e. The molecule has 0 bridgehead atoms. The van der Waals surface area contributed by atoms with Crippen molar-refractivity contribution in [1.82, 2.24) is 35.2 Å². The fourth-order valence-corrected chi connectivity index (χ4v) is 2.88. The highest BCUT2D eigenvalue weighted by Crippen LogP contribution is 2.16. The maximum Gasteiger partial charge on any atom is 0.191 e. The predicted octanol–water partition coefficient (Wildman–Crippen LogP) is 2.57. The van der Waals surface area contributed by atoms with Gasteiger partial charge in [-0.15, -0.1) is 34.2 Å². The summed E-state index contributed by atoms with van der Waals surface area (Å²) in [7, 11) is 1.78. The molecule has 0 aliphatic carbocycles. The molecule has 0 aliphatic heterocycles. The minimum absolute atomic E-state index is 0. The maximum atomic E-state index is 4.32. The van der Waals surface area contributed by atoms with Crippen LogP contribution in [0.3, 0.4) is 0 Å². The van der Waals surface area contributed by atoms with Crippen molar-refractivity contribution >= 4 is 29.9 Å². The molecule has 0 saturated carbocycles. The molecule has 3 rings (SSSR count). The van der Waals surface area contributed by atoms with Crippen molar-refractivity contribution < 1.29 is 0 Å². The number of guanidine groups is 1. The molecular formula is C19H27IN8. The van der Waals surface area contributed by atoms with E-state index in [9.17, 15) is 0 Å². The summed E-state index contributed by atoms with van der Waals surface area (Å²) in [4.78, 5) is 4.32. The van der Waals surface area contributed by atoms with Crippen molar-refractivity contribution in [1.29, 1.82) is 0 Å². The van der Waals surface area contributed by atoms with Crippen molar-refractivity contribution in [3.8, 4) is 5.69 Å². The Labute approximate surface area is 182 Å². The third kappa shape index (κ3) is 5.54. The predicted molar refractivity (Wildman–Crippen MR) is 121 cm³/mol. The van der Waals surface area contributed by atoms with Crippen molar-refractivity contribution in [3.63, 3.8) is 0 Å². The number of nitrogens with one attached hydrogen (secondary N) is 2.